The summed E-state index contributed by atoms with van der Waals surface area (Å²) in [5.41, 5.74) is -1.14. The van der Waals surface area contributed by atoms with Crippen molar-refractivity contribution in [2.45, 2.75) is 52.0 Å². The molecule has 3 nitrogen and oxygen atoms in total. The van der Waals surface area contributed by atoms with Gasteiger partial charge in [-0.3, -0.25) is 0 Å². The van der Waals surface area contributed by atoms with Gasteiger partial charge < -0.3 is 13.9 Å². The standard InChI is InChI=1S/C14H16F5O3Si/c1-6(2)20-14(22-23,21-7(3)4)13(19)8-5-9(15)11(17)12(18)10(8)16/h5-7,13H,1-4H3. The Morgan fingerprint density at radius 3 is 1.78 bits per heavy atom. The average molecular weight is 355 g/mol. The molecule has 129 valence electrons. The Hall–Kier alpha value is -1.03. The molecule has 23 heavy (non-hydrogen) atoms. The molecule has 0 bridgehead atoms. The van der Waals surface area contributed by atoms with Crippen LogP contribution in [0.2, 0.25) is 0 Å². The highest BCUT2D eigenvalue weighted by Gasteiger charge is 2.47. The summed E-state index contributed by atoms with van der Waals surface area (Å²) in [4.78, 5) is 0. The fraction of sp³-hybridized carbons (Fsp3) is 0.571. The molecule has 0 aliphatic heterocycles. The summed E-state index contributed by atoms with van der Waals surface area (Å²) in [7, 11) is 2.59. The molecule has 1 aromatic rings. The molecule has 1 atom stereocenters. The van der Waals surface area contributed by atoms with Crippen molar-refractivity contribution in [2.75, 3.05) is 0 Å². The molecule has 1 rings (SSSR count). The van der Waals surface area contributed by atoms with E-state index in [1.807, 2.05) is 0 Å². The van der Waals surface area contributed by atoms with E-state index in [4.69, 9.17) is 13.9 Å². The number of rotatable bonds is 7. The fourth-order valence-electron chi connectivity index (χ4n) is 1.87. The Bertz CT molecular complexity index is 544. The highest BCUT2D eigenvalue weighted by molar-refractivity contribution is 5.98. The Morgan fingerprint density at radius 2 is 1.39 bits per heavy atom. The van der Waals surface area contributed by atoms with Gasteiger partial charge in [-0.2, -0.15) is 0 Å². The van der Waals surface area contributed by atoms with Crippen LogP contribution in [-0.4, -0.2) is 28.7 Å². The smallest absolute Gasteiger partial charge is 0.311 e. The predicted octanol–water partition coefficient (Wildman–Crippen LogP) is 3.86. The molecule has 3 radical (unpaired) electrons. The lowest BCUT2D eigenvalue weighted by Gasteiger charge is -2.37. The van der Waals surface area contributed by atoms with Gasteiger partial charge in [0.1, 0.15) is 0 Å². The molecule has 0 fully saturated rings. The summed E-state index contributed by atoms with van der Waals surface area (Å²) in [6.45, 7) is 6.05. The molecular weight excluding hydrogens is 339 g/mol. The second kappa shape index (κ2) is 7.69. The van der Waals surface area contributed by atoms with E-state index >= 15 is 0 Å². The molecular formula is C14H16F5O3Si. The lowest BCUT2D eigenvalue weighted by Crippen LogP contribution is -2.47. The fourth-order valence-corrected chi connectivity index (χ4v) is 2.07. The van der Waals surface area contributed by atoms with Crippen LogP contribution in [0.1, 0.15) is 39.4 Å². The zero-order chi connectivity index (χ0) is 17.9. The van der Waals surface area contributed by atoms with Crippen molar-refractivity contribution in [1.29, 1.82) is 0 Å². The average Bonchev–Trinajstić information content (AvgIpc) is 2.46. The lowest BCUT2D eigenvalue weighted by molar-refractivity contribution is -0.393. The summed E-state index contributed by atoms with van der Waals surface area (Å²) >= 11 is 0. The number of hydrogen-bond donors (Lipinski definition) is 0. The minimum Gasteiger partial charge on any atom is -0.368 e. The molecule has 0 saturated heterocycles. The van der Waals surface area contributed by atoms with Crippen LogP contribution in [0.15, 0.2) is 6.07 Å². The first kappa shape index (κ1) is 20.0. The molecule has 9 heteroatoms. The number of halogens is 5. The molecule has 0 heterocycles. The van der Waals surface area contributed by atoms with E-state index < -0.39 is 53.2 Å². The lowest BCUT2D eigenvalue weighted by atomic mass is 10.1. The zero-order valence-corrected chi connectivity index (χ0v) is 13.9. The van der Waals surface area contributed by atoms with Gasteiger partial charge in [-0.25, -0.2) is 22.0 Å². The first-order valence-corrected chi connectivity index (χ1v) is 7.13. The first-order valence-electron chi connectivity index (χ1n) is 6.73. The second-order valence-electron chi connectivity index (χ2n) is 5.29. The molecule has 0 aliphatic rings. The van der Waals surface area contributed by atoms with Gasteiger partial charge in [0, 0.05) is 5.56 Å². The van der Waals surface area contributed by atoms with Crippen molar-refractivity contribution in [3.8, 4) is 0 Å². The van der Waals surface area contributed by atoms with E-state index in [0.29, 0.717) is 0 Å². The Morgan fingerprint density at radius 1 is 0.913 bits per heavy atom. The number of hydrogen-bond acceptors (Lipinski definition) is 3. The molecule has 0 amide bonds. The van der Waals surface area contributed by atoms with E-state index in [1.54, 1.807) is 0 Å². The Kier molecular flexibility index (Phi) is 6.69. The maximum absolute atomic E-state index is 14.8. The molecule has 0 saturated carbocycles. The van der Waals surface area contributed by atoms with Crippen molar-refractivity contribution >= 4 is 10.5 Å². The van der Waals surface area contributed by atoms with E-state index in [0.717, 1.165) is 0 Å². The van der Waals surface area contributed by atoms with Gasteiger partial charge in [-0.05, 0) is 33.8 Å². The van der Waals surface area contributed by atoms with Crippen molar-refractivity contribution in [3.05, 3.63) is 34.9 Å². The largest absolute Gasteiger partial charge is 0.368 e. The van der Waals surface area contributed by atoms with Gasteiger partial charge in [-0.1, -0.05) is 0 Å². The van der Waals surface area contributed by atoms with Gasteiger partial charge in [-0.15, -0.1) is 0 Å². The zero-order valence-electron chi connectivity index (χ0n) is 12.9. The third-order valence-corrected chi connectivity index (χ3v) is 2.94. The quantitative estimate of drug-likeness (QED) is 0.244. The number of ether oxygens (including phenoxy) is 2. The summed E-state index contributed by atoms with van der Waals surface area (Å²) in [5.74, 6) is -10.4. The Labute approximate surface area is 134 Å². The van der Waals surface area contributed by atoms with Gasteiger partial charge in [0.05, 0.1) is 12.2 Å². The van der Waals surface area contributed by atoms with E-state index in [-0.39, 0.29) is 6.07 Å². The highest BCUT2D eigenvalue weighted by Crippen LogP contribution is 2.39. The number of benzene rings is 1. The predicted molar refractivity (Wildman–Crippen MR) is 72.1 cm³/mol. The number of alkyl halides is 1. The van der Waals surface area contributed by atoms with Gasteiger partial charge >= 0.3 is 5.97 Å². The van der Waals surface area contributed by atoms with Crippen LogP contribution in [0.25, 0.3) is 0 Å². The summed E-state index contributed by atoms with van der Waals surface area (Å²) in [6, 6.07) is 0.186. The minimum atomic E-state index is -2.62. The summed E-state index contributed by atoms with van der Waals surface area (Å²) < 4.78 is 83.5. The van der Waals surface area contributed by atoms with Gasteiger partial charge in [0.15, 0.2) is 23.3 Å². The van der Waals surface area contributed by atoms with Gasteiger partial charge in [0.2, 0.25) is 6.17 Å². The maximum atomic E-state index is 14.8. The van der Waals surface area contributed by atoms with Crippen LogP contribution in [0, 0.1) is 23.3 Å². The van der Waals surface area contributed by atoms with E-state index in [1.165, 1.54) is 27.7 Å². The Balaban J connectivity index is 3.42. The van der Waals surface area contributed by atoms with Gasteiger partial charge in [0.25, 0.3) is 10.5 Å². The molecule has 0 N–H and O–H groups in total. The van der Waals surface area contributed by atoms with E-state index in [9.17, 15) is 22.0 Å². The maximum Gasteiger partial charge on any atom is 0.311 e. The highest BCUT2D eigenvalue weighted by atomic mass is 28.2. The third kappa shape index (κ3) is 4.28. The molecule has 0 spiro atoms. The van der Waals surface area contributed by atoms with Crippen LogP contribution in [0.3, 0.4) is 0 Å². The molecule has 1 aromatic carbocycles. The summed E-state index contributed by atoms with van der Waals surface area (Å²) in [5, 5.41) is 0. The normalized spacial score (nSPS) is 13.9. The van der Waals surface area contributed by atoms with Crippen LogP contribution in [0.4, 0.5) is 22.0 Å². The second-order valence-corrected chi connectivity index (χ2v) is 5.50. The molecule has 0 aliphatic carbocycles. The van der Waals surface area contributed by atoms with Crippen molar-refractivity contribution < 1.29 is 35.9 Å². The third-order valence-electron chi connectivity index (χ3n) is 2.66. The SMILES string of the molecule is CC(C)OC(O[Si])(OC(C)C)C(F)c1cc(F)c(F)c(F)c1F. The van der Waals surface area contributed by atoms with Crippen molar-refractivity contribution in [1.82, 2.24) is 0 Å². The summed E-state index contributed by atoms with van der Waals surface area (Å²) in [6.07, 6.45) is -3.92. The van der Waals surface area contributed by atoms with E-state index in [2.05, 4.69) is 10.5 Å². The van der Waals surface area contributed by atoms with Crippen molar-refractivity contribution in [2.24, 2.45) is 0 Å². The minimum absolute atomic E-state index is 0.186. The topological polar surface area (TPSA) is 27.7 Å². The van der Waals surface area contributed by atoms with Crippen LogP contribution in [0.5, 0.6) is 0 Å². The van der Waals surface area contributed by atoms with Crippen LogP contribution < -0.4 is 0 Å². The molecule has 1 unspecified atom stereocenters. The van der Waals surface area contributed by atoms with Crippen molar-refractivity contribution in [3.63, 3.8) is 0 Å². The molecule has 0 aromatic heterocycles. The van der Waals surface area contributed by atoms with Crippen LogP contribution >= 0.6 is 0 Å². The monoisotopic (exact) mass is 355 g/mol. The van der Waals surface area contributed by atoms with Crippen LogP contribution in [-0.2, 0) is 13.9 Å². The first-order chi connectivity index (χ1) is 10.6.